The summed E-state index contributed by atoms with van der Waals surface area (Å²) >= 11 is 0. The number of rotatable bonds is 1. The first-order valence-corrected chi connectivity index (χ1v) is 6.64. The molecule has 2 N–H and O–H groups in total. The second-order valence-corrected chi connectivity index (χ2v) is 4.90. The molecule has 1 aromatic rings. The van der Waals surface area contributed by atoms with Gasteiger partial charge in [-0.05, 0) is 18.6 Å². The van der Waals surface area contributed by atoms with Gasteiger partial charge in [0, 0.05) is 26.1 Å². The zero-order valence-corrected chi connectivity index (χ0v) is 11.8. The second-order valence-electron chi connectivity index (χ2n) is 4.90. The zero-order valence-electron chi connectivity index (χ0n) is 11.8. The molecule has 1 aliphatic rings. The quantitative estimate of drug-likeness (QED) is 0.829. The first-order valence-electron chi connectivity index (χ1n) is 6.64. The van der Waals surface area contributed by atoms with Gasteiger partial charge in [0.05, 0.1) is 11.9 Å². The average molecular weight is 316 g/mol. The monoisotopic (exact) mass is 316 g/mol. The van der Waals surface area contributed by atoms with Crippen molar-refractivity contribution in [1.29, 1.82) is 0 Å². The molecule has 0 radical (unpaired) electrons. The molecular formula is C13H15F3N4O2. The van der Waals surface area contributed by atoms with E-state index in [1.54, 1.807) is 0 Å². The Bertz CT molecular complexity index is 589. The summed E-state index contributed by atoms with van der Waals surface area (Å²) in [5, 5.41) is 5.15. The van der Waals surface area contributed by atoms with Crippen LogP contribution in [0.15, 0.2) is 12.3 Å². The molecule has 9 heteroatoms. The minimum atomic E-state index is -4.52. The van der Waals surface area contributed by atoms with Gasteiger partial charge in [0.2, 0.25) is 5.91 Å². The van der Waals surface area contributed by atoms with Gasteiger partial charge in [-0.3, -0.25) is 4.79 Å². The molecule has 0 spiro atoms. The Morgan fingerprint density at radius 1 is 1.41 bits per heavy atom. The molecule has 2 heterocycles. The molecule has 1 aliphatic heterocycles. The highest BCUT2D eigenvalue weighted by Crippen LogP contribution is 2.29. The number of urea groups is 1. The van der Waals surface area contributed by atoms with Gasteiger partial charge in [-0.1, -0.05) is 0 Å². The first-order chi connectivity index (χ1) is 10.3. The number of anilines is 1. The highest BCUT2D eigenvalue weighted by Gasteiger charge is 2.32. The molecule has 0 aliphatic carbocycles. The van der Waals surface area contributed by atoms with Crippen molar-refractivity contribution in [2.75, 3.05) is 25.0 Å². The highest BCUT2D eigenvalue weighted by molar-refractivity contribution is 5.90. The summed E-state index contributed by atoms with van der Waals surface area (Å²) < 4.78 is 37.6. The van der Waals surface area contributed by atoms with E-state index in [0.29, 0.717) is 13.1 Å². The Balaban J connectivity index is 2.07. The average Bonchev–Trinajstić information content (AvgIpc) is 2.64. The fourth-order valence-corrected chi connectivity index (χ4v) is 2.01. The molecule has 0 bridgehead atoms. The molecule has 0 aromatic carbocycles. The molecule has 1 saturated heterocycles. The summed E-state index contributed by atoms with van der Waals surface area (Å²) in [5.41, 5.74) is -0.534. The standard InChI is InChI=1S/C13H15F3N4O2/c1-8-6-10(13(14,15)16)18-7-9(8)19-12(22)20-4-2-11(21)17-3-5-20/h6-7H,2-5H2,1H3,(H,17,21)(H,19,22). The lowest BCUT2D eigenvalue weighted by molar-refractivity contribution is -0.141. The lowest BCUT2D eigenvalue weighted by Gasteiger charge is -2.20. The van der Waals surface area contributed by atoms with E-state index in [4.69, 9.17) is 0 Å². The molecular weight excluding hydrogens is 301 g/mol. The summed E-state index contributed by atoms with van der Waals surface area (Å²) in [6.07, 6.45) is -3.35. The van der Waals surface area contributed by atoms with Gasteiger partial charge in [-0.15, -0.1) is 0 Å². The summed E-state index contributed by atoms with van der Waals surface area (Å²) in [5.74, 6) is -0.136. The largest absolute Gasteiger partial charge is 0.433 e. The van der Waals surface area contributed by atoms with E-state index in [-0.39, 0.29) is 30.1 Å². The predicted octanol–water partition coefficient (Wildman–Crippen LogP) is 1.76. The van der Waals surface area contributed by atoms with Crippen LogP contribution in [-0.2, 0) is 11.0 Å². The lowest BCUT2D eigenvalue weighted by Crippen LogP contribution is -2.37. The van der Waals surface area contributed by atoms with Gasteiger partial charge >= 0.3 is 12.2 Å². The molecule has 1 aromatic heterocycles. The van der Waals surface area contributed by atoms with Crippen LogP contribution >= 0.6 is 0 Å². The van der Waals surface area contributed by atoms with Crippen molar-refractivity contribution < 1.29 is 22.8 Å². The first kappa shape index (κ1) is 16.1. The van der Waals surface area contributed by atoms with Crippen LogP contribution in [0.5, 0.6) is 0 Å². The van der Waals surface area contributed by atoms with Crippen molar-refractivity contribution in [2.45, 2.75) is 19.5 Å². The van der Waals surface area contributed by atoms with Crippen LogP contribution < -0.4 is 10.6 Å². The van der Waals surface area contributed by atoms with E-state index < -0.39 is 17.9 Å². The van der Waals surface area contributed by atoms with Gasteiger partial charge < -0.3 is 15.5 Å². The Hall–Kier alpha value is -2.32. The maximum absolute atomic E-state index is 12.5. The van der Waals surface area contributed by atoms with Crippen LogP contribution in [-0.4, -0.2) is 41.5 Å². The number of carbonyl (C=O) groups is 2. The van der Waals surface area contributed by atoms with E-state index in [1.807, 2.05) is 0 Å². The number of hydrogen-bond donors (Lipinski definition) is 2. The normalized spacial score (nSPS) is 16.0. The number of aryl methyl sites for hydroxylation is 1. The maximum Gasteiger partial charge on any atom is 0.433 e. The van der Waals surface area contributed by atoms with Crippen LogP contribution in [0.4, 0.5) is 23.7 Å². The Morgan fingerprint density at radius 2 is 2.14 bits per heavy atom. The van der Waals surface area contributed by atoms with Gasteiger partial charge in [-0.25, -0.2) is 9.78 Å². The zero-order chi connectivity index (χ0) is 16.3. The van der Waals surface area contributed by atoms with E-state index >= 15 is 0 Å². The number of nitrogens with zero attached hydrogens (tertiary/aromatic N) is 2. The van der Waals surface area contributed by atoms with Crippen LogP contribution in [0.1, 0.15) is 17.7 Å². The number of pyridine rings is 1. The van der Waals surface area contributed by atoms with Crippen LogP contribution in [0, 0.1) is 6.92 Å². The molecule has 120 valence electrons. The summed E-state index contributed by atoms with van der Waals surface area (Å²) in [4.78, 5) is 28.0. The topological polar surface area (TPSA) is 74.3 Å². The maximum atomic E-state index is 12.5. The summed E-state index contributed by atoms with van der Waals surface area (Å²) in [7, 11) is 0. The van der Waals surface area contributed by atoms with E-state index in [0.717, 1.165) is 12.3 Å². The minimum absolute atomic E-state index is 0.136. The van der Waals surface area contributed by atoms with Gasteiger partial charge in [0.15, 0.2) is 0 Å². The van der Waals surface area contributed by atoms with E-state index in [9.17, 15) is 22.8 Å². The number of hydrogen-bond acceptors (Lipinski definition) is 3. The van der Waals surface area contributed by atoms with Crippen LogP contribution in [0.3, 0.4) is 0 Å². The third-order valence-electron chi connectivity index (χ3n) is 3.24. The molecule has 22 heavy (non-hydrogen) atoms. The highest BCUT2D eigenvalue weighted by atomic mass is 19.4. The van der Waals surface area contributed by atoms with Gasteiger partial charge in [-0.2, -0.15) is 13.2 Å². The van der Waals surface area contributed by atoms with Crippen molar-refractivity contribution in [3.63, 3.8) is 0 Å². The number of nitrogens with one attached hydrogen (secondary N) is 2. The van der Waals surface area contributed by atoms with Crippen molar-refractivity contribution in [1.82, 2.24) is 15.2 Å². The number of alkyl halides is 3. The Labute approximate surface area is 124 Å². The van der Waals surface area contributed by atoms with Crippen molar-refractivity contribution in [2.24, 2.45) is 0 Å². The lowest BCUT2D eigenvalue weighted by atomic mass is 10.2. The molecule has 1 fully saturated rings. The molecule has 0 saturated carbocycles. The third kappa shape index (κ3) is 3.86. The molecule has 6 nitrogen and oxygen atoms in total. The van der Waals surface area contributed by atoms with Gasteiger partial charge in [0.1, 0.15) is 5.69 Å². The van der Waals surface area contributed by atoms with Crippen LogP contribution in [0.2, 0.25) is 0 Å². The predicted molar refractivity (Wildman–Crippen MR) is 72.2 cm³/mol. The van der Waals surface area contributed by atoms with Crippen molar-refractivity contribution >= 4 is 17.6 Å². The molecule has 0 unspecified atom stereocenters. The fourth-order valence-electron chi connectivity index (χ4n) is 2.01. The van der Waals surface area contributed by atoms with Crippen molar-refractivity contribution in [3.05, 3.63) is 23.5 Å². The number of aromatic nitrogens is 1. The summed E-state index contributed by atoms with van der Waals surface area (Å²) in [6, 6.07) is 0.407. The van der Waals surface area contributed by atoms with Gasteiger partial charge in [0.25, 0.3) is 0 Å². The van der Waals surface area contributed by atoms with Crippen LogP contribution in [0.25, 0.3) is 0 Å². The SMILES string of the molecule is Cc1cc(C(F)(F)F)ncc1NC(=O)N1CCNC(=O)CC1. The van der Waals surface area contributed by atoms with Crippen molar-refractivity contribution in [3.8, 4) is 0 Å². The Kier molecular flexibility index (Phi) is 4.53. The molecule has 3 amide bonds. The smallest absolute Gasteiger partial charge is 0.354 e. The third-order valence-corrected chi connectivity index (χ3v) is 3.24. The van der Waals surface area contributed by atoms with E-state index in [1.165, 1.54) is 11.8 Å². The molecule has 0 atom stereocenters. The Morgan fingerprint density at radius 3 is 2.77 bits per heavy atom. The minimum Gasteiger partial charge on any atom is -0.354 e. The number of amides is 3. The number of carbonyl (C=O) groups excluding carboxylic acids is 2. The fraction of sp³-hybridized carbons (Fsp3) is 0.462. The van der Waals surface area contributed by atoms with E-state index in [2.05, 4.69) is 15.6 Å². The molecule has 2 rings (SSSR count). The summed E-state index contributed by atoms with van der Waals surface area (Å²) in [6.45, 7) is 2.39. The number of halogens is 3. The second kappa shape index (κ2) is 6.20.